The normalized spacial score (nSPS) is 13.5. The molecule has 0 heterocycles. The van der Waals surface area contributed by atoms with Crippen molar-refractivity contribution in [3.8, 4) is 0 Å². The average Bonchev–Trinajstić information content (AvgIpc) is 2.56. The smallest absolute Gasteiger partial charge is 0.337 e. The molecule has 134 valence electrons. The first-order valence-electron chi connectivity index (χ1n) is 9.91. The minimum Gasteiger partial charge on any atom is -0.394 e. The maximum atomic E-state index is 6.28. The Morgan fingerprint density at radius 3 is 1.77 bits per heavy atom. The Bertz CT molecular complexity index is 229. The Labute approximate surface area is 141 Å². The molecule has 0 aromatic carbocycles. The standard InChI is InChI=1S/C19H42O2Si/c1-6-10-11-12-13-14-15-16-17-20-22(8-3,9-4)21-18-19(5)7-2/h19H,6-18H2,1-5H3. The van der Waals surface area contributed by atoms with Crippen LogP contribution in [0.4, 0.5) is 0 Å². The second-order valence-electron chi connectivity index (χ2n) is 6.77. The van der Waals surface area contributed by atoms with Crippen molar-refractivity contribution in [3.63, 3.8) is 0 Å². The summed E-state index contributed by atoms with van der Waals surface area (Å²) in [4.78, 5) is 0. The zero-order valence-electron chi connectivity index (χ0n) is 16.1. The summed E-state index contributed by atoms with van der Waals surface area (Å²) in [6, 6.07) is 2.16. The van der Waals surface area contributed by atoms with Crippen molar-refractivity contribution in [1.29, 1.82) is 0 Å². The summed E-state index contributed by atoms with van der Waals surface area (Å²) >= 11 is 0. The van der Waals surface area contributed by atoms with Crippen LogP contribution < -0.4 is 0 Å². The molecule has 0 N–H and O–H groups in total. The van der Waals surface area contributed by atoms with Gasteiger partial charge < -0.3 is 8.85 Å². The molecule has 0 saturated carbocycles. The van der Waals surface area contributed by atoms with Crippen molar-refractivity contribution in [2.75, 3.05) is 13.2 Å². The molecule has 0 fully saturated rings. The van der Waals surface area contributed by atoms with Crippen LogP contribution in [0.25, 0.3) is 0 Å². The van der Waals surface area contributed by atoms with Gasteiger partial charge in [0.2, 0.25) is 0 Å². The van der Waals surface area contributed by atoms with Crippen LogP contribution in [0, 0.1) is 5.92 Å². The van der Waals surface area contributed by atoms with Crippen LogP contribution in [0.15, 0.2) is 0 Å². The fourth-order valence-electron chi connectivity index (χ4n) is 2.61. The highest BCUT2D eigenvalue weighted by molar-refractivity contribution is 6.67. The van der Waals surface area contributed by atoms with E-state index in [1.807, 2.05) is 0 Å². The van der Waals surface area contributed by atoms with Crippen molar-refractivity contribution in [2.45, 2.75) is 104 Å². The third kappa shape index (κ3) is 10.8. The monoisotopic (exact) mass is 330 g/mol. The minimum absolute atomic E-state index is 0.650. The zero-order chi connectivity index (χ0) is 16.7. The summed E-state index contributed by atoms with van der Waals surface area (Å²) in [5, 5.41) is 0. The van der Waals surface area contributed by atoms with Crippen LogP contribution in [0.2, 0.25) is 12.1 Å². The van der Waals surface area contributed by atoms with E-state index in [9.17, 15) is 0 Å². The van der Waals surface area contributed by atoms with E-state index in [2.05, 4.69) is 34.6 Å². The van der Waals surface area contributed by atoms with Crippen molar-refractivity contribution >= 4 is 8.56 Å². The van der Waals surface area contributed by atoms with Gasteiger partial charge >= 0.3 is 8.56 Å². The summed E-state index contributed by atoms with van der Waals surface area (Å²) in [5.74, 6) is 0.650. The van der Waals surface area contributed by atoms with Gasteiger partial charge in [-0.25, -0.2) is 0 Å². The quantitative estimate of drug-likeness (QED) is 0.232. The molecule has 0 amide bonds. The van der Waals surface area contributed by atoms with Gasteiger partial charge in [-0.05, 0) is 24.4 Å². The second kappa shape index (κ2) is 14.7. The van der Waals surface area contributed by atoms with Crippen LogP contribution in [-0.2, 0) is 8.85 Å². The molecule has 0 aromatic rings. The highest BCUT2D eigenvalue weighted by atomic mass is 28.4. The van der Waals surface area contributed by atoms with Crippen molar-refractivity contribution in [1.82, 2.24) is 0 Å². The molecule has 0 radical (unpaired) electrons. The molecule has 0 aromatic heterocycles. The number of hydrogen-bond donors (Lipinski definition) is 0. The predicted octanol–water partition coefficient (Wildman–Crippen LogP) is 6.69. The second-order valence-corrected chi connectivity index (χ2v) is 10.6. The van der Waals surface area contributed by atoms with E-state index < -0.39 is 8.56 Å². The van der Waals surface area contributed by atoms with Crippen LogP contribution in [0.1, 0.15) is 92.4 Å². The number of rotatable bonds is 16. The zero-order valence-corrected chi connectivity index (χ0v) is 17.1. The third-order valence-corrected chi connectivity index (χ3v) is 8.35. The maximum Gasteiger partial charge on any atom is 0.337 e. The molecular weight excluding hydrogens is 288 g/mol. The van der Waals surface area contributed by atoms with Gasteiger partial charge in [-0.1, -0.05) is 86.0 Å². The summed E-state index contributed by atoms with van der Waals surface area (Å²) < 4.78 is 12.6. The fraction of sp³-hybridized carbons (Fsp3) is 1.00. The van der Waals surface area contributed by atoms with Gasteiger partial charge in [-0.2, -0.15) is 0 Å². The summed E-state index contributed by atoms with van der Waals surface area (Å²) in [5.41, 5.74) is 0. The third-order valence-electron chi connectivity index (χ3n) is 4.77. The predicted molar refractivity (Wildman–Crippen MR) is 101 cm³/mol. The number of hydrogen-bond acceptors (Lipinski definition) is 2. The van der Waals surface area contributed by atoms with Crippen LogP contribution in [-0.4, -0.2) is 21.8 Å². The van der Waals surface area contributed by atoms with Gasteiger partial charge in [0, 0.05) is 13.2 Å². The van der Waals surface area contributed by atoms with E-state index in [0.29, 0.717) is 5.92 Å². The van der Waals surface area contributed by atoms with Gasteiger partial charge in [0.15, 0.2) is 0 Å². The molecule has 0 aliphatic rings. The summed E-state index contributed by atoms with van der Waals surface area (Å²) in [7, 11) is -1.91. The molecule has 3 heteroatoms. The Morgan fingerprint density at radius 2 is 1.27 bits per heavy atom. The topological polar surface area (TPSA) is 18.5 Å². The molecule has 0 aliphatic carbocycles. The summed E-state index contributed by atoms with van der Waals surface area (Å²) in [6.07, 6.45) is 12.0. The van der Waals surface area contributed by atoms with Crippen LogP contribution >= 0.6 is 0 Å². The first kappa shape index (κ1) is 22.1. The molecule has 0 saturated heterocycles. The Kier molecular flexibility index (Phi) is 14.8. The van der Waals surface area contributed by atoms with E-state index >= 15 is 0 Å². The van der Waals surface area contributed by atoms with Gasteiger partial charge in [0.25, 0.3) is 0 Å². The van der Waals surface area contributed by atoms with Crippen LogP contribution in [0.5, 0.6) is 0 Å². The average molecular weight is 331 g/mol. The molecule has 0 rings (SSSR count). The molecule has 22 heavy (non-hydrogen) atoms. The highest BCUT2D eigenvalue weighted by Crippen LogP contribution is 2.21. The first-order valence-corrected chi connectivity index (χ1v) is 12.1. The molecule has 1 atom stereocenters. The largest absolute Gasteiger partial charge is 0.394 e. The van der Waals surface area contributed by atoms with E-state index in [4.69, 9.17) is 8.85 Å². The lowest BCUT2D eigenvalue weighted by Gasteiger charge is -2.30. The molecule has 2 nitrogen and oxygen atoms in total. The van der Waals surface area contributed by atoms with Crippen LogP contribution in [0.3, 0.4) is 0 Å². The van der Waals surface area contributed by atoms with Crippen molar-refractivity contribution < 1.29 is 8.85 Å². The van der Waals surface area contributed by atoms with Gasteiger partial charge in [0.1, 0.15) is 0 Å². The fourth-order valence-corrected chi connectivity index (χ4v) is 5.11. The van der Waals surface area contributed by atoms with Crippen molar-refractivity contribution in [3.05, 3.63) is 0 Å². The molecule has 0 aliphatic heterocycles. The van der Waals surface area contributed by atoms with Gasteiger partial charge in [0.05, 0.1) is 0 Å². The van der Waals surface area contributed by atoms with Crippen molar-refractivity contribution in [2.24, 2.45) is 5.92 Å². The van der Waals surface area contributed by atoms with E-state index in [1.165, 1.54) is 57.8 Å². The molecule has 1 unspecified atom stereocenters. The maximum absolute atomic E-state index is 6.28. The first-order chi connectivity index (χ1) is 10.6. The lowest BCUT2D eigenvalue weighted by atomic mass is 10.1. The molecule has 0 spiro atoms. The van der Waals surface area contributed by atoms with Gasteiger partial charge in [-0.3, -0.25) is 0 Å². The van der Waals surface area contributed by atoms with Gasteiger partial charge in [-0.15, -0.1) is 0 Å². The lowest BCUT2D eigenvalue weighted by Crippen LogP contribution is -2.42. The van der Waals surface area contributed by atoms with E-state index in [-0.39, 0.29) is 0 Å². The molecular formula is C19H42O2Si. The molecule has 0 bridgehead atoms. The highest BCUT2D eigenvalue weighted by Gasteiger charge is 2.33. The minimum atomic E-state index is -1.91. The lowest BCUT2D eigenvalue weighted by molar-refractivity contribution is 0.145. The van der Waals surface area contributed by atoms with E-state index in [1.54, 1.807) is 0 Å². The Morgan fingerprint density at radius 1 is 0.727 bits per heavy atom. The number of unbranched alkanes of at least 4 members (excludes halogenated alkanes) is 7. The Balaban J connectivity index is 3.76. The SMILES string of the molecule is CCCCCCCCCCO[Si](CC)(CC)OCC(C)CC. The Hall–Kier alpha value is 0.137. The van der Waals surface area contributed by atoms with E-state index in [0.717, 1.165) is 25.3 Å². The summed E-state index contributed by atoms with van der Waals surface area (Å²) in [6.45, 7) is 13.0.